The third-order valence-electron chi connectivity index (χ3n) is 3.05. The number of carboxylic acid groups (broad SMARTS) is 2. The second kappa shape index (κ2) is 10.3. The Labute approximate surface area is 170 Å². The van der Waals surface area contributed by atoms with Crippen molar-refractivity contribution in [2.45, 2.75) is 0 Å². The minimum atomic E-state index is -1.68. The van der Waals surface area contributed by atoms with E-state index < -0.39 is 40.6 Å². The molecular formula is C18H9F3IrN2O4+. The fourth-order valence-electron chi connectivity index (χ4n) is 1.89. The van der Waals surface area contributed by atoms with Crippen LogP contribution in [0, 0.1) is 29.6 Å². The number of nitrogens with zero attached hydrogens (tertiary/aromatic N) is 2. The molecule has 0 spiro atoms. The second-order valence-electron chi connectivity index (χ2n) is 4.78. The van der Waals surface area contributed by atoms with E-state index in [4.69, 9.17) is 10.2 Å². The van der Waals surface area contributed by atoms with Crippen molar-refractivity contribution < 1.29 is 53.1 Å². The molecule has 10 heteroatoms. The standard InChI is InChI=1S/C12H5F3NO2.C6H4NO2.Ir/c13-8-4-3-6(9(14)10(8)15)7-2-1-5-16-11(7)12(17)18;8-6(9)5-3-1-2-4-7-5;/h1-2,4-5H,(H,17,18);1-2,4H,(H,8,9);/q2*-1;+3. The van der Waals surface area contributed by atoms with Crippen molar-refractivity contribution in [2.75, 3.05) is 0 Å². The van der Waals surface area contributed by atoms with Gasteiger partial charge >= 0.3 is 26.1 Å². The van der Waals surface area contributed by atoms with E-state index >= 15 is 0 Å². The first-order valence-electron chi connectivity index (χ1n) is 7.12. The van der Waals surface area contributed by atoms with Gasteiger partial charge in [-0.3, -0.25) is 18.7 Å². The molecule has 0 amide bonds. The smallest absolute Gasteiger partial charge is 0.533 e. The summed E-state index contributed by atoms with van der Waals surface area (Å²) in [7, 11) is 0. The Morgan fingerprint density at radius 3 is 2.14 bits per heavy atom. The van der Waals surface area contributed by atoms with E-state index in [0.717, 1.165) is 0 Å². The number of halogens is 3. The molecule has 1 aromatic carbocycles. The van der Waals surface area contributed by atoms with Crippen molar-refractivity contribution in [2.24, 2.45) is 0 Å². The average molecular weight is 566 g/mol. The van der Waals surface area contributed by atoms with Crippen LogP contribution in [0.25, 0.3) is 11.1 Å². The van der Waals surface area contributed by atoms with Crippen molar-refractivity contribution in [3.63, 3.8) is 0 Å². The molecule has 0 aliphatic heterocycles. The Morgan fingerprint density at radius 1 is 0.929 bits per heavy atom. The minimum absolute atomic E-state index is 0. The zero-order valence-electron chi connectivity index (χ0n) is 13.6. The summed E-state index contributed by atoms with van der Waals surface area (Å²) < 4.78 is 39.4. The number of aromatic nitrogens is 2. The van der Waals surface area contributed by atoms with Crippen LogP contribution in [0.2, 0.25) is 0 Å². The number of hydrogen-bond donors (Lipinski definition) is 2. The summed E-state index contributed by atoms with van der Waals surface area (Å²) in [6.07, 6.45) is 2.62. The van der Waals surface area contributed by atoms with Gasteiger partial charge in [-0.1, -0.05) is 17.7 Å². The molecule has 2 heterocycles. The van der Waals surface area contributed by atoms with Gasteiger partial charge in [-0.05, 0) is 6.20 Å². The molecule has 6 nitrogen and oxygen atoms in total. The monoisotopic (exact) mass is 567 g/mol. The number of carboxylic acids is 2. The van der Waals surface area contributed by atoms with Crippen molar-refractivity contribution in [1.82, 2.24) is 9.97 Å². The zero-order chi connectivity index (χ0) is 20.0. The van der Waals surface area contributed by atoms with Gasteiger partial charge in [0.2, 0.25) is 5.97 Å². The molecule has 0 bridgehead atoms. The first-order chi connectivity index (χ1) is 12.8. The van der Waals surface area contributed by atoms with Crippen molar-refractivity contribution >= 4 is 11.9 Å². The third-order valence-corrected chi connectivity index (χ3v) is 3.05. The van der Waals surface area contributed by atoms with Gasteiger partial charge in [0.05, 0.1) is 11.6 Å². The summed E-state index contributed by atoms with van der Waals surface area (Å²) in [4.78, 5) is 28.1. The van der Waals surface area contributed by atoms with Crippen LogP contribution in [0.3, 0.4) is 0 Å². The van der Waals surface area contributed by atoms with E-state index in [1.807, 2.05) is 0 Å². The zero-order valence-corrected chi connectivity index (χ0v) is 16.0. The van der Waals surface area contributed by atoms with Crippen LogP contribution in [-0.2, 0) is 20.1 Å². The van der Waals surface area contributed by atoms with E-state index in [9.17, 15) is 22.8 Å². The predicted molar refractivity (Wildman–Crippen MR) is 85.4 cm³/mol. The van der Waals surface area contributed by atoms with Crippen LogP contribution in [0.4, 0.5) is 13.2 Å². The molecule has 2 aromatic heterocycles. The number of carbonyl (C=O) groups is 2. The number of rotatable bonds is 3. The van der Waals surface area contributed by atoms with Gasteiger partial charge in [0.15, 0.2) is 0 Å². The van der Waals surface area contributed by atoms with E-state index in [1.54, 1.807) is 6.07 Å². The Morgan fingerprint density at radius 2 is 1.61 bits per heavy atom. The van der Waals surface area contributed by atoms with Gasteiger partial charge < -0.3 is 15.0 Å². The normalized spacial score (nSPS) is 9.54. The summed E-state index contributed by atoms with van der Waals surface area (Å²) in [6.45, 7) is 0. The van der Waals surface area contributed by atoms with Crippen LogP contribution in [-0.4, -0.2) is 32.1 Å². The van der Waals surface area contributed by atoms with Crippen LogP contribution < -0.4 is 0 Å². The van der Waals surface area contributed by atoms with Crippen molar-refractivity contribution in [3.8, 4) is 11.1 Å². The molecule has 3 rings (SSSR count). The fourth-order valence-corrected chi connectivity index (χ4v) is 1.89. The quantitative estimate of drug-likeness (QED) is 0.373. The van der Waals surface area contributed by atoms with Gasteiger partial charge in [-0.2, -0.15) is 6.07 Å². The molecule has 0 atom stereocenters. The minimum Gasteiger partial charge on any atom is -0.533 e. The number of pyridine rings is 2. The molecule has 2 N–H and O–H groups in total. The molecule has 0 aliphatic carbocycles. The Kier molecular flexibility index (Phi) is 8.43. The largest absolute Gasteiger partial charge is 3.00 e. The first-order valence-corrected chi connectivity index (χ1v) is 7.12. The van der Waals surface area contributed by atoms with Crippen LogP contribution in [0.5, 0.6) is 0 Å². The van der Waals surface area contributed by atoms with E-state index in [1.165, 1.54) is 30.6 Å². The van der Waals surface area contributed by atoms with Gasteiger partial charge in [-0.15, -0.1) is 29.8 Å². The van der Waals surface area contributed by atoms with Gasteiger partial charge in [0.25, 0.3) is 0 Å². The predicted octanol–water partition coefficient (Wildman–Crippen LogP) is 3.24. The number of benzene rings is 1. The summed E-state index contributed by atoms with van der Waals surface area (Å²) >= 11 is 0. The summed E-state index contributed by atoms with van der Waals surface area (Å²) in [5, 5.41) is 17.2. The van der Waals surface area contributed by atoms with Crippen LogP contribution in [0.15, 0.2) is 42.7 Å². The van der Waals surface area contributed by atoms with E-state index in [0.29, 0.717) is 6.07 Å². The van der Waals surface area contributed by atoms with Crippen molar-refractivity contribution in [1.29, 1.82) is 0 Å². The van der Waals surface area contributed by atoms with Crippen LogP contribution in [0.1, 0.15) is 21.0 Å². The van der Waals surface area contributed by atoms with Crippen molar-refractivity contribution in [3.05, 3.63) is 83.7 Å². The fraction of sp³-hybridized carbons (Fsp3) is 0. The summed E-state index contributed by atoms with van der Waals surface area (Å²) in [5.74, 6) is -7.01. The summed E-state index contributed by atoms with van der Waals surface area (Å²) in [5.41, 5.74) is -1.14. The molecule has 28 heavy (non-hydrogen) atoms. The molecule has 0 fully saturated rings. The molecule has 0 saturated carbocycles. The SMILES string of the molecule is O=C(O)c1[c-]cccn1.O=C(O)c1ncccc1-c1[c-]cc(F)c(F)c1F.[Ir+3]. The van der Waals surface area contributed by atoms with Crippen LogP contribution >= 0.6 is 0 Å². The van der Waals surface area contributed by atoms with Gasteiger partial charge in [0.1, 0.15) is 11.5 Å². The Balaban J connectivity index is 0.000000332. The maximum Gasteiger partial charge on any atom is 3.00 e. The van der Waals surface area contributed by atoms with Gasteiger partial charge in [0, 0.05) is 11.9 Å². The first kappa shape index (κ1) is 22.9. The molecule has 0 saturated heterocycles. The average Bonchev–Trinajstić information content (AvgIpc) is 2.67. The molecule has 0 radical (unpaired) electrons. The topological polar surface area (TPSA) is 100 Å². The molecule has 0 aliphatic rings. The second-order valence-corrected chi connectivity index (χ2v) is 4.78. The van der Waals surface area contributed by atoms with Gasteiger partial charge in [-0.25, -0.2) is 9.18 Å². The molecular weight excluding hydrogens is 557 g/mol. The summed E-state index contributed by atoms with van der Waals surface area (Å²) in [6, 6.07) is 10.9. The molecule has 3 aromatic rings. The maximum atomic E-state index is 13.5. The van der Waals surface area contributed by atoms with E-state index in [2.05, 4.69) is 22.1 Å². The van der Waals surface area contributed by atoms with E-state index in [-0.39, 0.29) is 31.4 Å². The Hall–Kier alpha value is -3.10. The Bertz CT molecular complexity index is 988. The maximum absolute atomic E-state index is 13.5. The molecule has 0 unspecified atom stereocenters. The molecule has 144 valence electrons. The number of aromatic carboxylic acids is 2. The number of hydrogen-bond acceptors (Lipinski definition) is 4. The third kappa shape index (κ3) is 5.45.